The maximum atomic E-state index is 9.39. The van der Waals surface area contributed by atoms with E-state index in [1.165, 1.54) is 24.9 Å². The minimum absolute atomic E-state index is 0.205. The maximum Gasteiger partial charge on any atom is 0.110 e. The zero-order valence-electron chi connectivity index (χ0n) is 7.10. The van der Waals surface area contributed by atoms with Crippen LogP contribution in [0.1, 0.15) is 0 Å². The minimum Gasteiger partial charge on any atom is -0.394 e. The number of hydrogen-bond donors (Lipinski definition) is 3. The number of hydrogen-bond acceptors (Lipinski definition) is 5. The van der Waals surface area contributed by atoms with Gasteiger partial charge in [0.2, 0.25) is 0 Å². The lowest BCUT2D eigenvalue weighted by molar-refractivity contribution is -0.0209. The first-order valence-electron chi connectivity index (χ1n) is 3.42. The van der Waals surface area contributed by atoms with Gasteiger partial charge in [0.1, 0.15) is 12.2 Å². The Morgan fingerprint density at radius 1 is 1.75 bits per heavy atom. The molecule has 2 atom stereocenters. The predicted octanol–water partition coefficient (Wildman–Crippen LogP) is 0.489. The molecule has 0 rings (SSSR count). The van der Waals surface area contributed by atoms with Crippen molar-refractivity contribution in [2.45, 2.75) is 12.2 Å². The van der Waals surface area contributed by atoms with E-state index in [9.17, 15) is 5.11 Å². The molecule has 0 aromatic rings. The zero-order chi connectivity index (χ0) is 9.56. The lowest BCUT2D eigenvalue weighted by Crippen LogP contribution is -2.29. The summed E-state index contributed by atoms with van der Waals surface area (Å²) in [7, 11) is 1.44. The summed E-state index contributed by atoms with van der Waals surface area (Å²) < 4.78 is 5.53. The van der Waals surface area contributed by atoms with E-state index in [1.807, 2.05) is 6.26 Å². The van der Waals surface area contributed by atoms with Crippen LogP contribution in [0.5, 0.6) is 0 Å². The average molecular weight is 210 g/mol. The second-order valence-corrected chi connectivity index (χ2v) is 3.79. The molecule has 12 heavy (non-hydrogen) atoms. The summed E-state index contributed by atoms with van der Waals surface area (Å²) in [5.41, 5.74) is 0. The van der Waals surface area contributed by atoms with E-state index < -0.39 is 12.2 Å². The normalized spacial score (nSPS) is 17.6. The molecule has 0 heterocycles. The Morgan fingerprint density at radius 2 is 2.33 bits per heavy atom. The highest BCUT2D eigenvalue weighted by molar-refractivity contribution is 8.15. The fraction of sp³-hybridized carbons (Fsp3) is 0.714. The highest BCUT2D eigenvalue weighted by Gasteiger charge is 2.15. The Morgan fingerprint density at radius 3 is 2.67 bits per heavy atom. The molecular formula is C7H14O3S2. The van der Waals surface area contributed by atoms with Gasteiger partial charge in [0, 0.05) is 11.3 Å². The van der Waals surface area contributed by atoms with Crippen molar-refractivity contribution in [1.29, 1.82) is 0 Å². The van der Waals surface area contributed by atoms with E-state index in [-0.39, 0.29) is 6.61 Å². The SMILES string of the molecule is COC(CO)C(O)/C=C(/S)SC. The smallest absolute Gasteiger partial charge is 0.110 e. The van der Waals surface area contributed by atoms with Crippen LogP contribution in [-0.4, -0.2) is 42.4 Å². The molecular weight excluding hydrogens is 196 g/mol. The first-order chi connectivity index (χ1) is 5.65. The average Bonchev–Trinajstić information content (AvgIpc) is 2.06. The molecule has 72 valence electrons. The molecule has 0 saturated carbocycles. The monoisotopic (exact) mass is 210 g/mol. The van der Waals surface area contributed by atoms with Crippen molar-refractivity contribution in [1.82, 2.24) is 0 Å². The summed E-state index contributed by atoms with van der Waals surface area (Å²) in [6, 6.07) is 0. The van der Waals surface area contributed by atoms with Crippen LogP contribution >= 0.6 is 24.4 Å². The molecule has 2 N–H and O–H groups in total. The van der Waals surface area contributed by atoms with Crippen LogP contribution in [0.25, 0.3) is 0 Å². The highest BCUT2D eigenvalue weighted by atomic mass is 32.2. The van der Waals surface area contributed by atoms with Crippen molar-refractivity contribution in [2.24, 2.45) is 0 Å². The van der Waals surface area contributed by atoms with Gasteiger partial charge in [0.05, 0.1) is 6.61 Å². The lowest BCUT2D eigenvalue weighted by atomic mass is 10.2. The zero-order valence-corrected chi connectivity index (χ0v) is 8.81. The molecule has 2 unspecified atom stereocenters. The van der Waals surface area contributed by atoms with Gasteiger partial charge >= 0.3 is 0 Å². The summed E-state index contributed by atoms with van der Waals surface area (Å²) >= 11 is 5.49. The van der Waals surface area contributed by atoms with Crippen molar-refractivity contribution in [3.8, 4) is 0 Å². The van der Waals surface area contributed by atoms with Gasteiger partial charge in [-0.3, -0.25) is 0 Å². The number of rotatable bonds is 5. The Balaban J connectivity index is 4.07. The van der Waals surface area contributed by atoms with E-state index in [1.54, 1.807) is 0 Å². The Hall–Kier alpha value is 0.320. The summed E-state index contributed by atoms with van der Waals surface area (Å²) in [5, 5.41) is 18.1. The lowest BCUT2D eigenvalue weighted by Gasteiger charge is -2.16. The molecule has 0 saturated heterocycles. The quantitative estimate of drug-likeness (QED) is 0.578. The number of aliphatic hydroxyl groups is 2. The van der Waals surface area contributed by atoms with E-state index >= 15 is 0 Å². The number of methoxy groups -OCH3 is 1. The van der Waals surface area contributed by atoms with E-state index in [4.69, 9.17) is 9.84 Å². The molecule has 0 spiro atoms. The number of ether oxygens (including phenoxy) is 1. The molecule has 0 amide bonds. The summed E-state index contributed by atoms with van der Waals surface area (Å²) in [6.07, 6.45) is 2.02. The van der Waals surface area contributed by atoms with Gasteiger partial charge in [0.25, 0.3) is 0 Å². The summed E-state index contributed by atoms with van der Waals surface area (Å²) in [4.78, 5) is 0. The van der Waals surface area contributed by atoms with Gasteiger partial charge in [-0.1, -0.05) is 0 Å². The van der Waals surface area contributed by atoms with Crippen LogP contribution in [0.2, 0.25) is 0 Å². The second kappa shape index (κ2) is 6.80. The Labute approximate surface area is 82.2 Å². The number of thiol groups is 1. The van der Waals surface area contributed by atoms with Gasteiger partial charge in [-0.15, -0.1) is 24.4 Å². The van der Waals surface area contributed by atoms with Gasteiger partial charge in [-0.25, -0.2) is 0 Å². The minimum atomic E-state index is -0.806. The van der Waals surface area contributed by atoms with Gasteiger partial charge < -0.3 is 14.9 Å². The molecule has 3 nitrogen and oxygen atoms in total. The Kier molecular flexibility index (Phi) is 6.98. The first kappa shape index (κ1) is 12.3. The maximum absolute atomic E-state index is 9.39. The summed E-state index contributed by atoms with van der Waals surface area (Å²) in [5.74, 6) is 0. The fourth-order valence-electron chi connectivity index (χ4n) is 0.643. The number of thioether (sulfide) groups is 1. The molecule has 5 heteroatoms. The van der Waals surface area contributed by atoms with Crippen LogP contribution in [0, 0.1) is 0 Å². The van der Waals surface area contributed by atoms with Crippen molar-refractivity contribution in [2.75, 3.05) is 20.0 Å². The van der Waals surface area contributed by atoms with Crippen LogP contribution in [0.3, 0.4) is 0 Å². The molecule has 0 fully saturated rings. The topological polar surface area (TPSA) is 49.7 Å². The van der Waals surface area contributed by atoms with Crippen LogP contribution in [0.4, 0.5) is 0 Å². The van der Waals surface area contributed by atoms with Crippen molar-refractivity contribution in [3.63, 3.8) is 0 Å². The molecule has 0 radical (unpaired) electrons. The first-order valence-corrected chi connectivity index (χ1v) is 5.09. The van der Waals surface area contributed by atoms with E-state index in [0.717, 1.165) is 0 Å². The largest absolute Gasteiger partial charge is 0.394 e. The van der Waals surface area contributed by atoms with Gasteiger partial charge in [-0.2, -0.15) is 0 Å². The van der Waals surface area contributed by atoms with Crippen molar-refractivity contribution in [3.05, 3.63) is 10.3 Å². The molecule has 0 aliphatic carbocycles. The molecule has 0 aromatic carbocycles. The highest BCUT2D eigenvalue weighted by Crippen LogP contribution is 2.17. The van der Waals surface area contributed by atoms with Crippen molar-refractivity contribution >= 4 is 24.4 Å². The second-order valence-electron chi connectivity index (χ2n) is 2.16. The third-order valence-corrected chi connectivity index (χ3v) is 2.64. The van der Waals surface area contributed by atoms with Crippen LogP contribution in [-0.2, 0) is 4.74 Å². The van der Waals surface area contributed by atoms with Crippen LogP contribution < -0.4 is 0 Å². The Bertz CT molecular complexity index is 146. The van der Waals surface area contributed by atoms with Gasteiger partial charge in [-0.05, 0) is 12.3 Å². The summed E-state index contributed by atoms with van der Waals surface area (Å²) in [6.45, 7) is -0.205. The number of aliphatic hydroxyl groups excluding tert-OH is 2. The molecule has 0 bridgehead atoms. The standard InChI is InChI=1S/C7H14O3S2/c1-10-6(4-8)5(9)3-7(11)12-2/h3,5-6,8-9,11H,4H2,1-2H3/b7-3-. The predicted molar refractivity (Wildman–Crippen MR) is 54.5 cm³/mol. The molecule has 0 aliphatic heterocycles. The van der Waals surface area contributed by atoms with E-state index in [0.29, 0.717) is 4.24 Å². The van der Waals surface area contributed by atoms with E-state index in [2.05, 4.69) is 12.6 Å². The van der Waals surface area contributed by atoms with Crippen molar-refractivity contribution < 1.29 is 14.9 Å². The van der Waals surface area contributed by atoms with Gasteiger partial charge in [0.15, 0.2) is 0 Å². The fourth-order valence-corrected chi connectivity index (χ4v) is 1.07. The third-order valence-electron chi connectivity index (χ3n) is 1.39. The third kappa shape index (κ3) is 4.37. The molecule has 0 aliphatic rings. The van der Waals surface area contributed by atoms with Crippen LogP contribution in [0.15, 0.2) is 10.3 Å². The molecule has 0 aromatic heterocycles.